The Labute approximate surface area is 199 Å². The molecule has 3 aromatic rings. The number of anilines is 1. The Bertz CT molecular complexity index is 1080. The fourth-order valence-electron chi connectivity index (χ4n) is 3.56. The lowest BCUT2D eigenvalue weighted by Crippen LogP contribution is -2.38. The van der Waals surface area contributed by atoms with Gasteiger partial charge in [-0.15, -0.1) is 12.4 Å². The van der Waals surface area contributed by atoms with Crippen LogP contribution in [-0.4, -0.2) is 55.0 Å². The van der Waals surface area contributed by atoms with Crippen LogP contribution in [0.25, 0.3) is 10.2 Å². The quantitative estimate of drug-likeness (QED) is 0.423. The number of thiazole rings is 1. The number of hydrogen-bond acceptors (Lipinski definition) is 6. The van der Waals surface area contributed by atoms with E-state index in [2.05, 4.69) is 37.8 Å². The number of methoxy groups -OCH3 is 1. The number of esters is 1. The molecule has 0 spiro atoms. The van der Waals surface area contributed by atoms with Crippen LogP contribution in [0.1, 0.15) is 45.7 Å². The largest absolute Gasteiger partial charge is 0.465 e. The minimum Gasteiger partial charge on any atom is -0.465 e. The molecule has 2 aromatic carbocycles. The van der Waals surface area contributed by atoms with Crippen molar-refractivity contribution in [1.29, 1.82) is 0 Å². The summed E-state index contributed by atoms with van der Waals surface area (Å²) in [5.41, 5.74) is 4.15. The number of carbonyl (C=O) groups excluding carboxylic acids is 2. The highest BCUT2D eigenvalue weighted by molar-refractivity contribution is 7.22. The van der Waals surface area contributed by atoms with Crippen LogP contribution in [0.3, 0.4) is 0 Å². The van der Waals surface area contributed by atoms with E-state index in [0.717, 1.165) is 35.4 Å². The third-order valence-corrected chi connectivity index (χ3v) is 6.41. The van der Waals surface area contributed by atoms with Crippen LogP contribution in [-0.2, 0) is 4.74 Å². The zero-order valence-corrected chi connectivity index (χ0v) is 20.8. The molecule has 8 heteroatoms. The van der Waals surface area contributed by atoms with E-state index in [1.54, 1.807) is 29.2 Å². The summed E-state index contributed by atoms with van der Waals surface area (Å²) in [7, 11) is 1.34. The van der Waals surface area contributed by atoms with Crippen LogP contribution in [0.15, 0.2) is 36.4 Å². The number of aromatic nitrogens is 1. The third-order valence-electron chi connectivity index (χ3n) is 5.38. The van der Waals surface area contributed by atoms with Crippen molar-refractivity contribution in [3.8, 4) is 0 Å². The molecule has 0 radical (unpaired) electrons. The van der Waals surface area contributed by atoms with Crippen molar-refractivity contribution < 1.29 is 14.3 Å². The van der Waals surface area contributed by atoms with Gasteiger partial charge in [-0.3, -0.25) is 9.69 Å². The van der Waals surface area contributed by atoms with Crippen molar-refractivity contribution in [2.45, 2.75) is 27.7 Å². The molecule has 0 atom stereocenters. The van der Waals surface area contributed by atoms with Gasteiger partial charge in [0, 0.05) is 18.7 Å². The van der Waals surface area contributed by atoms with Crippen LogP contribution in [0.5, 0.6) is 0 Å². The van der Waals surface area contributed by atoms with E-state index in [1.165, 1.54) is 24.0 Å². The molecule has 0 aliphatic rings. The first-order valence-electron chi connectivity index (χ1n) is 10.5. The van der Waals surface area contributed by atoms with Gasteiger partial charge in [-0.1, -0.05) is 31.3 Å². The number of ether oxygens (including phenoxy) is 1. The molecule has 0 unspecified atom stereocenters. The van der Waals surface area contributed by atoms with Gasteiger partial charge < -0.3 is 9.64 Å². The van der Waals surface area contributed by atoms with E-state index < -0.39 is 5.97 Å². The topological polar surface area (TPSA) is 62.7 Å². The maximum Gasteiger partial charge on any atom is 0.337 e. The normalized spacial score (nSPS) is 10.8. The van der Waals surface area contributed by atoms with E-state index in [9.17, 15) is 9.59 Å². The molecule has 1 amide bonds. The van der Waals surface area contributed by atoms with Gasteiger partial charge in [-0.2, -0.15) is 0 Å². The van der Waals surface area contributed by atoms with Gasteiger partial charge in [0.1, 0.15) is 0 Å². The fourth-order valence-corrected chi connectivity index (χ4v) is 4.73. The van der Waals surface area contributed by atoms with E-state index in [4.69, 9.17) is 9.72 Å². The SMILES string of the molecule is CCN(CC)CCN(C(=O)c1ccc(C(=O)OC)cc1)c1nc2c(C)cc(C)cc2s1.Cl. The lowest BCUT2D eigenvalue weighted by molar-refractivity contribution is 0.0600. The lowest BCUT2D eigenvalue weighted by atomic mass is 10.1. The zero-order valence-electron chi connectivity index (χ0n) is 19.2. The van der Waals surface area contributed by atoms with Crippen molar-refractivity contribution in [1.82, 2.24) is 9.88 Å². The second-order valence-corrected chi connectivity index (χ2v) is 8.49. The number of carbonyl (C=O) groups is 2. The number of aryl methyl sites for hydroxylation is 2. The summed E-state index contributed by atoms with van der Waals surface area (Å²) in [6, 6.07) is 10.8. The van der Waals surface area contributed by atoms with Crippen LogP contribution < -0.4 is 4.90 Å². The second kappa shape index (κ2) is 11.4. The number of rotatable bonds is 8. The molecule has 0 fully saturated rings. The van der Waals surface area contributed by atoms with Gasteiger partial charge in [0.15, 0.2) is 5.13 Å². The molecule has 172 valence electrons. The van der Waals surface area contributed by atoms with E-state index in [-0.39, 0.29) is 18.3 Å². The fraction of sp³-hybridized carbons (Fsp3) is 0.375. The molecule has 0 saturated heterocycles. The lowest BCUT2D eigenvalue weighted by Gasteiger charge is -2.24. The van der Waals surface area contributed by atoms with E-state index in [1.807, 2.05) is 6.92 Å². The highest BCUT2D eigenvalue weighted by Gasteiger charge is 2.23. The summed E-state index contributed by atoms with van der Waals surface area (Å²) < 4.78 is 5.83. The molecule has 0 saturated carbocycles. The van der Waals surface area contributed by atoms with Crippen molar-refractivity contribution in [3.63, 3.8) is 0 Å². The molecule has 6 nitrogen and oxygen atoms in total. The predicted octanol–water partition coefficient (Wildman–Crippen LogP) is 5.11. The van der Waals surface area contributed by atoms with E-state index >= 15 is 0 Å². The van der Waals surface area contributed by atoms with Gasteiger partial charge in [0.2, 0.25) is 0 Å². The Balaban J connectivity index is 0.00000363. The smallest absolute Gasteiger partial charge is 0.337 e. The van der Waals surface area contributed by atoms with Crippen molar-refractivity contribution in [2.75, 3.05) is 38.2 Å². The second-order valence-electron chi connectivity index (χ2n) is 7.48. The Morgan fingerprint density at radius 1 is 1.00 bits per heavy atom. The summed E-state index contributed by atoms with van der Waals surface area (Å²) >= 11 is 1.54. The maximum absolute atomic E-state index is 13.5. The summed E-state index contributed by atoms with van der Waals surface area (Å²) in [5, 5.41) is 0.693. The molecular weight excluding hydrogens is 446 g/mol. The Morgan fingerprint density at radius 2 is 1.62 bits per heavy atom. The van der Waals surface area contributed by atoms with Crippen LogP contribution >= 0.6 is 23.7 Å². The number of halogens is 1. The summed E-state index contributed by atoms with van der Waals surface area (Å²) in [6.45, 7) is 11.5. The maximum atomic E-state index is 13.5. The zero-order chi connectivity index (χ0) is 22.5. The first-order chi connectivity index (χ1) is 14.9. The Morgan fingerprint density at radius 3 is 2.22 bits per heavy atom. The first-order valence-corrected chi connectivity index (χ1v) is 11.3. The number of benzene rings is 2. The van der Waals surface area contributed by atoms with Crippen molar-refractivity contribution in [3.05, 3.63) is 58.7 Å². The molecule has 0 aliphatic carbocycles. The standard InChI is InChI=1S/C24H29N3O3S.ClH/c1-6-26(7-2)12-13-27(22(28)18-8-10-19(11-9-18)23(29)30-5)24-25-21-17(4)14-16(3)15-20(21)31-24;/h8-11,14-15H,6-7,12-13H2,1-5H3;1H. The number of hydrogen-bond donors (Lipinski definition) is 0. The Kier molecular flexibility index (Phi) is 9.19. The highest BCUT2D eigenvalue weighted by atomic mass is 35.5. The van der Waals surface area contributed by atoms with E-state index in [0.29, 0.717) is 22.8 Å². The first kappa shape index (κ1) is 25.8. The van der Waals surface area contributed by atoms with Crippen molar-refractivity contribution in [2.24, 2.45) is 0 Å². The summed E-state index contributed by atoms with van der Waals surface area (Å²) in [6.07, 6.45) is 0. The average molecular weight is 476 g/mol. The molecule has 0 bridgehead atoms. The van der Waals surface area contributed by atoms with Gasteiger partial charge in [0.05, 0.1) is 22.9 Å². The van der Waals surface area contributed by atoms with Gasteiger partial charge in [-0.25, -0.2) is 9.78 Å². The predicted molar refractivity (Wildman–Crippen MR) is 134 cm³/mol. The van der Waals surface area contributed by atoms with Gasteiger partial charge in [0.25, 0.3) is 5.91 Å². The number of likely N-dealkylation sites (N-methyl/N-ethyl adjacent to an activating group) is 1. The number of amides is 1. The summed E-state index contributed by atoms with van der Waals surface area (Å²) in [4.78, 5) is 34.0. The highest BCUT2D eigenvalue weighted by Crippen LogP contribution is 2.32. The monoisotopic (exact) mass is 475 g/mol. The minimum atomic E-state index is -0.422. The van der Waals surface area contributed by atoms with Gasteiger partial charge in [-0.05, 0) is 68.4 Å². The molecule has 0 aliphatic heterocycles. The van der Waals surface area contributed by atoms with Crippen LogP contribution in [0, 0.1) is 13.8 Å². The molecular formula is C24H30ClN3O3S. The Hall–Kier alpha value is -2.48. The summed E-state index contributed by atoms with van der Waals surface area (Å²) in [5.74, 6) is -0.550. The van der Waals surface area contributed by atoms with Crippen molar-refractivity contribution >= 4 is 51.0 Å². The average Bonchev–Trinajstić information content (AvgIpc) is 3.20. The number of fused-ring (bicyclic) bond motifs is 1. The molecule has 3 rings (SSSR count). The number of nitrogens with zero attached hydrogens (tertiary/aromatic N) is 3. The molecule has 32 heavy (non-hydrogen) atoms. The minimum absolute atomic E-state index is 0. The third kappa shape index (κ3) is 5.65. The molecule has 1 aromatic heterocycles. The van der Waals surface area contributed by atoms with Crippen LogP contribution in [0.4, 0.5) is 5.13 Å². The van der Waals surface area contributed by atoms with Gasteiger partial charge >= 0.3 is 5.97 Å². The molecule has 1 heterocycles. The molecule has 0 N–H and O–H groups in total. The van der Waals surface area contributed by atoms with Crippen LogP contribution in [0.2, 0.25) is 0 Å².